The molecule has 2 aliphatic carbocycles. The molecule has 2 nitrogen and oxygen atoms in total. The van der Waals surface area contributed by atoms with Crippen LogP contribution in [0.5, 0.6) is 0 Å². The lowest BCUT2D eigenvalue weighted by molar-refractivity contribution is 0.210. The third kappa shape index (κ3) is 4.25. The fraction of sp³-hybridized carbons (Fsp3) is 0.889. The number of hydrogen-bond acceptors (Lipinski definition) is 2. The first kappa shape index (κ1) is 15.9. The molecule has 1 saturated carbocycles. The molecule has 0 aromatic carbocycles. The zero-order valence-electron chi connectivity index (χ0n) is 14.0. The van der Waals surface area contributed by atoms with Gasteiger partial charge < -0.3 is 10.6 Å². The van der Waals surface area contributed by atoms with Gasteiger partial charge in [-0.1, -0.05) is 40.0 Å². The number of hydrogen-bond donors (Lipinski definition) is 2. The van der Waals surface area contributed by atoms with E-state index < -0.39 is 0 Å². The van der Waals surface area contributed by atoms with Crippen molar-refractivity contribution in [1.29, 1.82) is 0 Å². The average Bonchev–Trinajstić information content (AvgIpc) is 2.41. The van der Waals surface area contributed by atoms with Gasteiger partial charge in [-0.15, -0.1) is 0 Å². The van der Waals surface area contributed by atoms with Crippen molar-refractivity contribution in [2.24, 2.45) is 11.3 Å². The van der Waals surface area contributed by atoms with E-state index in [9.17, 15) is 0 Å². The molecule has 0 saturated heterocycles. The Morgan fingerprint density at radius 2 is 1.75 bits per heavy atom. The summed E-state index contributed by atoms with van der Waals surface area (Å²) in [7, 11) is 2.08. The number of allylic oxidation sites excluding steroid dienone is 1. The average molecular weight is 278 g/mol. The van der Waals surface area contributed by atoms with Gasteiger partial charge in [-0.25, -0.2) is 0 Å². The van der Waals surface area contributed by atoms with E-state index in [1.165, 1.54) is 51.4 Å². The van der Waals surface area contributed by atoms with Crippen LogP contribution in [0.2, 0.25) is 0 Å². The largest absolute Gasteiger partial charge is 0.386 e. The van der Waals surface area contributed by atoms with Crippen molar-refractivity contribution in [3.8, 4) is 0 Å². The van der Waals surface area contributed by atoms with Crippen LogP contribution in [0.1, 0.15) is 72.1 Å². The molecule has 1 fully saturated rings. The van der Waals surface area contributed by atoms with Gasteiger partial charge in [0.25, 0.3) is 0 Å². The van der Waals surface area contributed by atoms with Gasteiger partial charge >= 0.3 is 0 Å². The Kier molecular flexibility index (Phi) is 5.54. The Balaban J connectivity index is 2.03. The topological polar surface area (TPSA) is 24.1 Å². The van der Waals surface area contributed by atoms with E-state index in [0.29, 0.717) is 5.41 Å². The first-order valence-corrected chi connectivity index (χ1v) is 8.62. The van der Waals surface area contributed by atoms with Crippen LogP contribution < -0.4 is 10.6 Å². The SMILES string of the molecule is CNCC1=C(NC2CCCCC2)CCC(C(C)(C)C)C1. The highest BCUT2D eigenvalue weighted by molar-refractivity contribution is 5.19. The number of likely N-dealkylation sites (N-methyl/N-ethyl adjacent to an activating group) is 1. The molecule has 2 rings (SSSR count). The van der Waals surface area contributed by atoms with Crippen LogP contribution in [0, 0.1) is 11.3 Å². The van der Waals surface area contributed by atoms with E-state index in [4.69, 9.17) is 0 Å². The summed E-state index contributed by atoms with van der Waals surface area (Å²) in [4.78, 5) is 0. The predicted molar refractivity (Wildman–Crippen MR) is 87.8 cm³/mol. The second-order valence-electron chi connectivity index (χ2n) is 7.90. The molecule has 0 aromatic rings. The van der Waals surface area contributed by atoms with Gasteiger partial charge in [-0.05, 0) is 56.1 Å². The molecule has 116 valence electrons. The molecule has 1 atom stereocenters. The van der Waals surface area contributed by atoms with Crippen LogP contribution in [0.15, 0.2) is 11.3 Å². The molecule has 0 spiro atoms. The standard InChI is InChI=1S/C18H34N2/c1-18(2,3)15-10-11-17(14(12-15)13-19-4)20-16-8-6-5-7-9-16/h15-16,19-20H,5-13H2,1-4H3. The van der Waals surface area contributed by atoms with Crippen LogP contribution in [0.3, 0.4) is 0 Å². The Bertz CT molecular complexity index is 332. The van der Waals surface area contributed by atoms with Gasteiger partial charge in [-0.3, -0.25) is 0 Å². The summed E-state index contributed by atoms with van der Waals surface area (Å²) in [6, 6.07) is 0.747. The van der Waals surface area contributed by atoms with Gasteiger partial charge in [0.1, 0.15) is 0 Å². The maximum Gasteiger partial charge on any atom is 0.0258 e. The van der Waals surface area contributed by atoms with Crippen molar-refractivity contribution in [3.05, 3.63) is 11.3 Å². The second kappa shape index (κ2) is 6.98. The smallest absolute Gasteiger partial charge is 0.0258 e. The summed E-state index contributed by atoms with van der Waals surface area (Å²) in [6.45, 7) is 8.25. The third-order valence-electron chi connectivity index (χ3n) is 5.26. The fourth-order valence-corrected chi connectivity index (χ4v) is 3.82. The molecule has 0 radical (unpaired) electrons. The monoisotopic (exact) mass is 278 g/mol. The molecule has 2 N–H and O–H groups in total. The van der Waals surface area contributed by atoms with Gasteiger partial charge in [0.2, 0.25) is 0 Å². The molecule has 0 heterocycles. The third-order valence-corrected chi connectivity index (χ3v) is 5.26. The van der Waals surface area contributed by atoms with Crippen molar-refractivity contribution in [1.82, 2.24) is 10.6 Å². The molecule has 0 aliphatic heterocycles. The summed E-state index contributed by atoms with van der Waals surface area (Å²) < 4.78 is 0. The molecule has 20 heavy (non-hydrogen) atoms. The highest BCUT2D eigenvalue weighted by Crippen LogP contribution is 2.39. The van der Waals surface area contributed by atoms with Crippen molar-refractivity contribution in [2.75, 3.05) is 13.6 Å². The summed E-state index contributed by atoms with van der Waals surface area (Å²) in [5, 5.41) is 7.28. The molecule has 0 aromatic heterocycles. The second-order valence-corrected chi connectivity index (χ2v) is 7.90. The lowest BCUT2D eigenvalue weighted by Crippen LogP contribution is -2.36. The first-order chi connectivity index (χ1) is 9.50. The molecular formula is C18H34N2. The van der Waals surface area contributed by atoms with Crippen molar-refractivity contribution in [2.45, 2.75) is 78.2 Å². The highest BCUT2D eigenvalue weighted by atomic mass is 14.9. The van der Waals surface area contributed by atoms with Crippen LogP contribution >= 0.6 is 0 Å². The van der Waals surface area contributed by atoms with E-state index >= 15 is 0 Å². The fourth-order valence-electron chi connectivity index (χ4n) is 3.82. The molecule has 2 aliphatic rings. The molecule has 0 bridgehead atoms. The summed E-state index contributed by atoms with van der Waals surface area (Å²) in [5.74, 6) is 0.836. The molecule has 0 amide bonds. The maximum absolute atomic E-state index is 3.90. The van der Waals surface area contributed by atoms with Crippen molar-refractivity contribution < 1.29 is 0 Å². The Morgan fingerprint density at radius 1 is 1.05 bits per heavy atom. The van der Waals surface area contributed by atoms with E-state index in [2.05, 4.69) is 38.5 Å². The summed E-state index contributed by atoms with van der Waals surface area (Å²) in [6.07, 6.45) is 10.9. The van der Waals surface area contributed by atoms with E-state index in [1.54, 1.807) is 11.3 Å². The Labute approximate surface area is 125 Å². The number of nitrogens with one attached hydrogen (secondary N) is 2. The normalized spacial score (nSPS) is 25.9. The van der Waals surface area contributed by atoms with Crippen LogP contribution in [-0.2, 0) is 0 Å². The van der Waals surface area contributed by atoms with Gasteiger partial charge in [0.15, 0.2) is 0 Å². The van der Waals surface area contributed by atoms with Crippen molar-refractivity contribution in [3.63, 3.8) is 0 Å². The van der Waals surface area contributed by atoms with Crippen LogP contribution in [-0.4, -0.2) is 19.6 Å². The zero-order chi connectivity index (χ0) is 14.6. The van der Waals surface area contributed by atoms with Crippen LogP contribution in [0.25, 0.3) is 0 Å². The lowest BCUT2D eigenvalue weighted by atomic mass is 9.71. The number of rotatable bonds is 4. The predicted octanol–water partition coefficient (Wildman–Crippen LogP) is 4.23. The summed E-state index contributed by atoms with van der Waals surface area (Å²) in [5.41, 5.74) is 3.66. The maximum atomic E-state index is 3.90. The molecule has 1 unspecified atom stereocenters. The summed E-state index contributed by atoms with van der Waals surface area (Å²) >= 11 is 0. The quantitative estimate of drug-likeness (QED) is 0.804. The minimum absolute atomic E-state index is 0.440. The van der Waals surface area contributed by atoms with E-state index in [-0.39, 0.29) is 0 Å². The first-order valence-electron chi connectivity index (χ1n) is 8.62. The van der Waals surface area contributed by atoms with E-state index in [0.717, 1.165) is 18.5 Å². The van der Waals surface area contributed by atoms with E-state index in [1.807, 2.05) is 0 Å². The Hall–Kier alpha value is -0.500. The Morgan fingerprint density at radius 3 is 2.35 bits per heavy atom. The van der Waals surface area contributed by atoms with Crippen molar-refractivity contribution >= 4 is 0 Å². The molecular weight excluding hydrogens is 244 g/mol. The van der Waals surface area contributed by atoms with Gasteiger partial charge in [-0.2, -0.15) is 0 Å². The minimum atomic E-state index is 0.440. The molecule has 2 heteroatoms. The highest BCUT2D eigenvalue weighted by Gasteiger charge is 2.30. The lowest BCUT2D eigenvalue weighted by Gasteiger charge is -2.38. The van der Waals surface area contributed by atoms with Gasteiger partial charge in [0.05, 0.1) is 0 Å². The van der Waals surface area contributed by atoms with Gasteiger partial charge in [0, 0.05) is 18.3 Å². The minimum Gasteiger partial charge on any atom is -0.386 e. The zero-order valence-corrected chi connectivity index (χ0v) is 14.0. The van der Waals surface area contributed by atoms with Crippen LogP contribution in [0.4, 0.5) is 0 Å².